The number of nitrogens with zero attached hydrogens (tertiary/aromatic N) is 1. The predicted octanol–water partition coefficient (Wildman–Crippen LogP) is 5.93. The van der Waals surface area contributed by atoms with Gasteiger partial charge in [0.1, 0.15) is 5.52 Å². The van der Waals surface area contributed by atoms with Crippen LogP contribution in [-0.2, 0) is 4.79 Å². The molecule has 0 saturated carbocycles. The molecule has 4 nitrogen and oxygen atoms in total. The van der Waals surface area contributed by atoms with Crippen LogP contribution in [0.5, 0.6) is 0 Å². The Bertz CT molecular complexity index is 890. The Hall–Kier alpha value is -2.04. The Kier molecular flexibility index (Phi) is 5.07. The predicted molar refractivity (Wildman–Crippen MR) is 97.6 cm³/mol. The molecule has 0 unspecified atom stereocenters. The van der Waals surface area contributed by atoms with Gasteiger partial charge in [-0.25, -0.2) is 4.98 Å². The molecular formula is C18H16Cl2N2O2. The number of amides is 1. The maximum Gasteiger partial charge on any atom is 0.227 e. The van der Waals surface area contributed by atoms with E-state index in [1.54, 1.807) is 12.1 Å². The lowest BCUT2D eigenvalue weighted by Gasteiger charge is -2.05. The number of anilines is 1. The van der Waals surface area contributed by atoms with E-state index in [-0.39, 0.29) is 5.91 Å². The second kappa shape index (κ2) is 7.24. The molecule has 0 fully saturated rings. The van der Waals surface area contributed by atoms with Gasteiger partial charge in [-0.1, -0.05) is 42.6 Å². The van der Waals surface area contributed by atoms with E-state index in [0.717, 1.165) is 18.4 Å². The van der Waals surface area contributed by atoms with E-state index in [1.165, 1.54) is 0 Å². The summed E-state index contributed by atoms with van der Waals surface area (Å²) in [5.74, 6) is 0.431. The first-order valence-corrected chi connectivity index (χ1v) is 8.48. The summed E-state index contributed by atoms with van der Waals surface area (Å²) in [6.45, 7) is 2.05. The van der Waals surface area contributed by atoms with Crippen LogP contribution in [0.1, 0.15) is 26.2 Å². The minimum absolute atomic E-state index is 0.00129. The second-order valence-electron chi connectivity index (χ2n) is 5.49. The van der Waals surface area contributed by atoms with Crippen LogP contribution in [0.25, 0.3) is 22.6 Å². The van der Waals surface area contributed by atoms with Crippen molar-refractivity contribution in [1.82, 2.24) is 4.98 Å². The molecule has 2 aromatic carbocycles. The van der Waals surface area contributed by atoms with Gasteiger partial charge in [0.25, 0.3) is 0 Å². The van der Waals surface area contributed by atoms with Gasteiger partial charge in [-0.15, -0.1) is 0 Å². The third kappa shape index (κ3) is 3.71. The molecule has 0 radical (unpaired) electrons. The standard InChI is InChI=1S/C18H16Cl2N2O2/c1-2-3-7-16(23)21-13-6-4-5-11(8-13)18-22-15-10-12(19)9-14(20)17(15)24-18/h4-6,8-10H,2-3,7H2,1H3,(H,21,23). The summed E-state index contributed by atoms with van der Waals surface area (Å²) in [5.41, 5.74) is 2.56. The molecule has 1 aromatic heterocycles. The average molecular weight is 363 g/mol. The summed E-state index contributed by atoms with van der Waals surface area (Å²) >= 11 is 12.1. The van der Waals surface area contributed by atoms with Crippen LogP contribution in [0.2, 0.25) is 10.0 Å². The van der Waals surface area contributed by atoms with Crippen LogP contribution in [-0.4, -0.2) is 10.9 Å². The van der Waals surface area contributed by atoms with Crippen LogP contribution in [0.3, 0.4) is 0 Å². The number of carbonyl (C=O) groups excluding carboxylic acids is 1. The maximum atomic E-state index is 11.9. The largest absolute Gasteiger partial charge is 0.435 e. The molecule has 3 rings (SSSR count). The molecule has 0 atom stereocenters. The molecule has 0 bridgehead atoms. The van der Waals surface area contributed by atoms with Gasteiger partial charge in [0.2, 0.25) is 11.8 Å². The lowest BCUT2D eigenvalue weighted by atomic mass is 10.2. The number of hydrogen-bond donors (Lipinski definition) is 1. The quantitative estimate of drug-likeness (QED) is 0.611. The zero-order chi connectivity index (χ0) is 17.1. The van der Waals surface area contributed by atoms with Gasteiger partial charge in [0, 0.05) is 22.7 Å². The number of benzene rings is 2. The van der Waals surface area contributed by atoms with Crippen molar-refractivity contribution in [3.8, 4) is 11.5 Å². The molecule has 0 saturated heterocycles. The number of hydrogen-bond acceptors (Lipinski definition) is 3. The van der Waals surface area contributed by atoms with Crippen molar-refractivity contribution in [3.63, 3.8) is 0 Å². The fourth-order valence-corrected chi connectivity index (χ4v) is 2.90. The van der Waals surface area contributed by atoms with Crippen molar-refractivity contribution in [2.24, 2.45) is 0 Å². The Morgan fingerprint density at radius 2 is 2.08 bits per heavy atom. The van der Waals surface area contributed by atoms with Gasteiger partial charge in [0.15, 0.2) is 5.58 Å². The fourth-order valence-electron chi connectivity index (χ4n) is 2.37. The minimum atomic E-state index is 0.00129. The van der Waals surface area contributed by atoms with Crippen LogP contribution >= 0.6 is 23.2 Å². The van der Waals surface area contributed by atoms with Crippen molar-refractivity contribution >= 4 is 45.9 Å². The molecule has 1 amide bonds. The third-order valence-electron chi connectivity index (χ3n) is 3.56. The molecule has 24 heavy (non-hydrogen) atoms. The van der Waals surface area contributed by atoms with Crippen molar-refractivity contribution in [1.29, 1.82) is 0 Å². The highest BCUT2D eigenvalue weighted by atomic mass is 35.5. The average Bonchev–Trinajstić information content (AvgIpc) is 2.97. The number of nitrogens with one attached hydrogen (secondary N) is 1. The SMILES string of the molecule is CCCCC(=O)Nc1cccc(-c2nc3cc(Cl)cc(Cl)c3o2)c1. The van der Waals surface area contributed by atoms with Gasteiger partial charge < -0.3 is 9.73 Å². The second-order valence-corrected chi connectivity index (χ2v) is 6.33. The third-order valence-corrected chi connectivity index (χ3v) is 4.06. The number of carbonyl (C=O) groups is 1. The van der Waals surface area contributed by atoms with Crippen molar-refractivity contribution in [2.75, 3.05) is 5.32 Å². The van der Waals surface area contributed by atoms with Crippen LogP contribution in [0, 0.1) is 0 Å². The van der Waals surface area contributed by atoms with E-state index in [9.17, 15) is 4.79 Å². The van der Waals surface area contributed by atoms with E-state index in [0.29, 0.717) is 39.1 Å². The van der Waals surface area contributed by atoms with Crippen molar-refractivity contribution < 1.29 is 9.21 Å². The van der Waals surface area contributed by atoms with E-state index < -0.39 is 0 Å². The summed E-state index contributed by atoms with van der Waals surface area (Å²) in [5, 5.41) is 3.81. The van der Waals surface area contributed by atoms with E-state index in [2.05, 4.69) is 17.2 Å². The highest BCUT2D eigenvalue weighted by molar-refractivity contribution is 6.38. The Morgan fingerprint density at radius 3 is 2.88 bits per heavy atom. The van der Waals surface area contributed by atoms with Crippen LogP contribution in [0.4, 0.5) is 5.69 Å². The van der Waals surface area contributed by atoms with Gasteiger partial charge in [0.05, 0.1) is 5.02 Å². The molecule has 1 N–H and O–H groups in total. The molecular weight excluding hydrogens is 347 g/mol. The summed E-state index contributed by atoms with van der Waals surface area (Å²) in [6, 6.07) is 10.7. The number of halogens is 2. The molecule has 6 heteroatoms. The maximum absolute atomic E-state index is 11.9. The summed E-state index contributed by atoms with van der Waals surface area (Å²) in [6.07, 6.45) is 2.37. The molecule has 124 valence electrons. The topological polar surface area (TPSA) is 55.1 Å². The number of oxazole rings is 1. The molecule has 0 aliphatic carbocycles. The van der Waals surface area contributed by atoms with Gasteiger partial charge in [-0.3, -0.25) is 4.79 Å². The number of rotatable bonds is 5. The van der Waals surface area contributed by atoms with Gasteiger partial charge >= 0.3 is 0 Å². The van der Waals surface area contributed by atoms with Crippen molar-refractivity contribution in [2.45, 2.75) is 26.2 Å². The van der Waals surface area contributed by atoms with Crippen LogP contribution in [0.15, 0.2) is 40.8 Å². The van der Waals surface area contributed by atoms with Gasteiger partial charge in [-0.2, -0.15) is 0 Å². The number of unbranched alkanes of at least 4 members (excludes halogenated alkanes) is 1. The van der Waals surface area contributed by atoms with E-state index >= 15 is 0 Å². The highest BCUT2D eigenvalue weighted by Crippen LogP contribution is 2.32. The smallest absolute Gasteiger partial charge is 0.227 e. The molecule has 3 aromatic rings. The Morgan fingerprint density at radius 1 is 1.25 bits per heavy atom. The summed E-state index contributed by atoms with van der Waals surface area (Å²) < 4.78 is 5.75. The van der Waals surface area contributed by atoms with Crippen molar-refractivity contribution in [3.05, 3.63) is 46.4 Å². The first kappa shape index (κ1) is 16.8. The fraction of sp³-hybridized carbons (Fsp3) is 0.222. The first-order valence-electron chi connectivity index (χ1n) is 7.72. The lowest BCUT2D eigenvalue weighted by Crippen LogP contribution is -2.10. The normalized spacial score (nSPS) is 11.0. The number of aromatic nitrogens is 1. The Balaban J connectivity index is 1.88. The molecule has 1 heterocycles. The minimum Gasteiger partial charge on any atom is -0.435 e. The lowest BCUT2D eigenvalue weighted by molar-refractivity contribution is -0.116. The van der Waals surface area contributed by atoms with E-state index in [1.807, 2.05) is 24.3 Å². The summed E-state index contributed by atoms with van der Waals surface area (Å²) in [4.78, 5) is 16.3. The number of fused-ring (bicyclic) bond motifs is 1. The van der Waals surface area contributed by atoms with Gasteiger partial charge in [-0.05, 0) is 36.8 Å². The van der Waals surface area contributed by atoms with E-state index in [4.69, 9.17) is 27.6 Å². The molecule has 0 spiro atoms. The molecule has 0 aliphatic rings. The summed E-state index contributed by atoms with van der Waals surface area (Å²) in [7, 11) is 0. The Labute approximate surface area is 149 Å². The molecule has 0 aliphatic heterocycles. The highest BCUT2D eigenvalue weighted by Gasteiger charge is 2.13. The monoisotopic (exact) mass is 362 g/mol. The van der Waals surface area contributed by atoms with Crippen LogP contribution < -0.4 is 5.32 Å². The first-order chi connectivity index (χ1) is 11.6. The zero-order valence-electron chi connectivity index (χ0n) is 13.1. The zero-order valence-corrected chi connectivity index (χ0v) is 14.6.